The highest BCUT2D eigenvalue weighted by Crippen LogP contribution is 2.08. The Balaban J connectivity index is 2.79. The molecule has 8 heteroatoms. The van der Waals surface area contributed by atoms with Gasteiger partial charge < -0.3 is 5.11 Å². The number of rotatable bonds is 3. The molecule has 1 amide bonds. The molecule has 7 nitrogen and oxygen atoms in total. The van der Waals surface area contributed by atoms with Gasteiger partial charge in [0, 0.05) is 0 Å². The van der Waals surface area contributed by atoms with Gasteiger partial charge in [-0.25, -0.2) is 13.2 Å². The molecule has 0 unspecified atom stereocenters. The number of hydrogen-bond acceptors (Lipinski definition) is 4. The van der Waals surface area contributed by atoms with Crippen molar-refractivity contribution in [2.75, 3.05) is 0 Å². The van der Waals surface area contributed by atoms with Crippen molar-refractivity contribution in [3.8, 4) is 0 Å². The van der Waals surface area contributed by atoms with Gasteiger partial charge in [0.1, 0.15) is 0 Å². The lowest BCUT2D eigenvalue weighted by Crippen LogP contribution is -2.44. The normalized spacial score (nSPS) is 10.9. The molecular weight excluding hydrogens is 248 g/mol. The quantitative estimate of drug-likeness (QED) is 0.494. The van der Waals surface area contributed by atoms with Gasteiger partial charge in [0.2, 0.25) is 0 Å². The summed E-state index contributed by atoms with van der Waals surface area (Å²) in [5.74, 6) is -3.24. The summed E-state index contributed by atoms with van der Waals surface area (Å²) < 4.78 is 23.1. The Morgan fingerprint density at radius 1 is 1.18 bits per heavy atom. The number of hydrazine groups is 1. The summed E-state index contributed by atoms with van der Waals surface area (Å²) >= 11 is 0. The molecule has 92 valence electrons. The van der Waals surface area contributed by atoms with E-state index in [9.17, 15) is 18.0 Å². The molecule has 0 aliphatic rings. The van der Waals surface area contributed by atoms with Gasteiger partial charge in [0.25, 0.3) is 10.0 Å². The fourth-order valence-electron chi connectivity index (χ4n) is 0.943. The van der Waals surface area contributed by atoms with Crippen LogP contribution in [-0.4, -0.2) is 25.4 Å². The molecule has 1 rings (SSSR count). The molecule has 0 aliphatic carbocycles. The van der Waals surface area contributed by atoms with Crippen molar-refractivity contribution in [1.82, 2.24) is 10.3 Å². The molecule has 0 aliphatic heterocycles. The molecule has 0 aromatic heterocycles. The molecular formula is C9H10N2O5S. The summed E-state index contributed by atoms with van der Waals surface area (Å²) in [5.41, 5.74) is 2.43. The van der Waals surface area contributed by atoms with Crippen LogP contribution in [0, 0.1) is 6.92 Å². The van der Waals surface area contributed by atoms with E-state index < -0.39 is 21.9 Å². The Bertz CT molecular complexity index is 535. The SMILES string of the molecule is Cc1ccc(S(=O)(=O)NNC(=O)C(=O)O)cc1. The van der Waals surface area contributed by atoms with Crippen molar-refractivity contribution in [1.29, 1.82) is 0 Å². The first-order valence-corrected chi connectivity index (χ1v) is 5.93. The maximum Gasteiger partial charge on any atom is 0.395 e. The molecule has 0 atom stereocenters. The van der Waals surface area contributed by atoms with Crippen LogP contribution in [0.15, 0.2) is 29.2 Å². The first kappa shape index (κ1) is 13.1. The minimum absolute atomic E-state index is 0.0752. The maximum atomic E-state index is 11.6. The Hall–Kier alpha value is -1.93. The van der Waals surface area contributed by atoms with Gasteiger partial charge in [-0.2, -0.15) is 0 Å². The van der Waals surface area contributed by atoms with Crippen LogP contribution in [-0.2, 0) is 19.6 Å². The van der Waals surface area contributed by atoms with Crippen LogP contribution in [0.4, 0.5) is 0 Å². The number of carbonyl (C=O) groups is 2. The van der Waals surface area contributed by atoms with Crippen molar-refractivity contribution in [2.24, 2.45) is 0 Å². The summed E-state index contributed by atoms with van der Waals surface area (Å²) in [5, 5.41) is 8.24. The lowest BCUT2D eigenvalue weighted by Gasteiger charge is -2.06. The minimum atomic E-state index is -3.95. The van der Waals surface area contributed by atoms with Gasteiger partial charge in [0.15, 0.2) is 0 Å². The molecule has 0 spiro atoms. The summed E-state index contributed by atoms with van der Waals surface area (Å²) in [4.78, 5) is 22.4. The second kappa shape index (κ2) is 4.93. The Morgan fingerprint density at radius 2 is 1.71 bits per heavy atom. The lowest BCUT2D eigenvalue weighted by atomic mass is 10.2. The van der Waals surface area contributed by atoms with E-state index in [0.717, 1.165) is 5.56 Å². The topological polar surface area (TPSA) is 113 Å². The van der Waals surface area contributed by atoms with Gasteiger partial charge in [-0.15, -0.1) is 4.83 Å². The van der Waals surface area contributed by atoms with Crippen molar-refractivity contribution in [3.05, 3.63) is 29.8 Å². The van der Waals surface area contributed by atoms with Gasteiger partial charge in [0.05, 0.1) is 4.90 Å². The van der Waals surface area contributed by atoms with Gasteiger partial charge in [-0.05, 0) is 19.1 Å². The number of carbonyl (C=O) groups excluding carboxylic acids is 1. The second-order valence-electron chi connectivity index (χ2n) is 3.18. The van der Waals surface area contributed by atoms with E-state index in [1.165, 1.54) is 12.1 Å². The summed E-state index contributed by atoms with van der Waals surface area (Å²) in [7, 11) is -3.95. The fraction of sp³-hybridized carbons (Fsp3) is 0.111. The molecule has 0 radical (unpaired) electrons. The molecule has 1 aromatic rings. The summed E-state index contributed by atoms with van der Waals surface area (Å²) in [6, 6.07) is 5.83. The van der Waals surface area contributed by atoms with Gasteiger partial charge in [-0.3, -0.25) is 10.2 Å². The van der Waals surface area contributed by atoms with Crippen molar-refractivity contribution in [2.45, 2.75) is 11.8 Å². The smallest absolute Gasteiger partial charge is 0.395 e. The van der Waals surface area contributed by atoms with Crippen LogP contribution in [0.1, 0.15) is 5.56 Å². The number of carboxylic acids is 1. The zero-order chi connectivity index (χ0) is 13.1. The molecule has 0 saturated heterocycles. The number of nitrogens with one attached hydrogen (secondary N) is 2. The molecule has 0 saturated carbocycles. The third-order valence-electron chi connectivity index (χ3n) is 1.82. The minimum Gasteiger partial charge on any atom is -0.474 e. The predicted octanol–water partition coefficient (Wildman–Crippen LogP) is -0.611. The molecule has 0 heterocycles. The zero-order valence-electron chi connectivity index (χ0n) is 8.80. The maximum absolute atomic E-state index is 11.6. The van der Waals surface area contributed by atoms with Crippen molar-refractivity contribution >= 4 is 21.9 Å². The third kappa shape index (κ3) is 3.54. The van der Waals surface area contributed by atoms with E-state index in [2.05, 4.69) is 0 Å². The van der Waals surface area contributed by atoms with Crippen LogP contribution in [0.25, 0.3) is 0 Å². The Morgan fingerprint density at radius 3 is 2.18 bits per heavy atom. The first-order chi connectivity index (χ1) is 7.83. The molecule has 1 aromatic carbocycles. The first-order valence-electron chi connectivity index (χ1n) is 4.44. The van der Waals surface area contributed by atoms with Crippen LogP contribution in [0.2, 0.25) is 0 Å². The predicted molar refractivity (Wildman–Crippen MR) is 57.3 cm³/mol. The highest BCUT2D eigenvalue weighted by Gasteiger charge is 2.17. The number of aliphatic carboxylic acids is 1. The zero-order valence-corrected chi connectivity index (χ0v) is 9.61. The number of sulfonamides is 1. The molecule has 0 bridgehead atoms. The van der Waals surface area contributed by atoms with E-state index >= 15 is 0 Å². The highest BCUT2D eigenvalue weighted by molar-refractivity contribution is 7.89. The van der Waals surface area contributed by atoms with E-state index in [4.69, 9.17) is 5.11 Å². The van der Waals surface area contributed by atoms with E-state index in [0.29, 0.717) is 0 Å². The van der Waals surface area contributed by atoms with Crippen LogP contribution >= 0.6 is 0 Å². The number of aryl methyl sites for hydroxylation is 1. The molecule has 3 N–H and O–H groups in total. The standard InChI is InChI=1S/C9H10N2O5S/c1-6-2-4-7(5-3-6)17(15,16)11-10-8(12)9(13)14/h2-5,11H,1H3,(H,10,12)(H,13,14). The largest absolute Gasteiger partial charge is 0.474 e. The number of carboxylic acid groups (broad SMARTS) is 1. The average Bonchev–Trinajstić information content (AvgIpc) is 2.26. The highest BCUT2D eigenvalue weighted by atomic mass is 32.2. The van der Waals surface area contributed by atoms with E-state index in [1.807, 2.05) is 0 Å². The van der Waals surface area contributed by atoms with E-state index in [1.54, 1.807) is 29.3 Å². The lowest BCUT2D eigenvalue weighted by molar-refractivity contribution is -0.150. The third-order valence-corrected chi connectivity index (χ3v) is 3.09. The molecule has 0 fully saturated rings. The Kier molecular flexibility index (Phi) is 3.81. The fourth-order valence-corrected chi connectivity index (χ4v) is 1.78. The number of hydrogen-bond donors (Lipinski definition) is 3. The second-order valence-corrected chi connectivity index (χ2v) is 4.86. The average molecular weight is 258 g/mol. The Labute approximate surface area is 97.5 Å². The monoisotopic (exact) mass is 258 g/mol. The van der Waals surface area contributed by atoms with Crippen molar-refractivity contribution < 1.29 is 23.1 Å². The van der Waals surface area contributed by atoms with Crippen LogP contribution in [0.3, 0.4) is 0 Å². The van der Waals surface area contributed by atoms with Gasteiger partial charge >= 0.3 is 11.9 Å². The summed E-state index contributed by atoms with van der Waals surface area (Å²) in [6.45, 7) is 1.79. The molecule has 17 heavy (non-hydrogen) atoms. The van der Waals surface area contributed by atoms with Crippen LogP contribution < -0.4 is 10.3 Å². The van der Waals surface area contributed by atoms with Crippen LogP contribution in [0.5, 0.6) is 0 Å². The number of amides is 1. The van der Waals surface area contributed by atoms with Gasteiger partial charge in [-0.1, -0.05) is 17.7 Å². The van der Waals surface area contributed by atoms with E-state index in [-0.39, 0.29) is 4.90 Å². The summed E-state index contributed by atoms with van der Waals surface area (Å²) in [6.07, 6.45) is 0. The number of benzene rings is 1. The van der Waals surface area contributed by atoms with Crippen molar-refractivity contribution in [3.63, 3.8) is 0 Å².